The molecule has 2 aromatic heterocycles. The van der Waals surface area contributed by atoms with Crippen LogP contribution >= 0.6 is 11.8 Å². The van der Waals surface area contributed by atoms with Gasteiger partial charge in [0.15, 0.2) is 5.16 Å². The van der Waals surface area contributed by atoms with Crippen molar-refractivity contribution in [2.45, 2.75) is 36.1 Å². The second kappa shape index (κ2) is 6.52. The Morgan fingerprint density at radius 3 is 2.62 bits per heavy atom. The van der Waals surface area contributed by atoms with Crippen LogP contribution in [0.3, 0.4) is 0 Å². The highest BCUT2D eigenvalue weighted by atomic mass is 32.2. The molecule has 1 atom stereocenters. The number of benzene rings is 1. The summed E-state index contributed by atoms with van der Waals surface area (Å²) >= 11 is 1.51. The number of thioether (sulfide) groups is 1. The minimum Gasteiger partial charge on any atom is -0.419 e. The number of nitrogens with zero attached hydrogens (tertiary/aromatic N) is 6. The van der Waals surface area contributed by atoms with Crippen LogP contribution in [0, 0.1) is 10.1 Å². The van der Waals surface area contributed by atoms with E-state index in [4.69, 9.17) is 4.42 Å². The first-order valence-electron chi connectivity index (χ1n) is 8.17. The van der Waals surface area contributed by atoms with Gasteiger partial charge in [0.1, 0.15) is 5.82 Å². The van der Waals surface area contributed by atoms with E-state index in [0.717, 1.165) is 11.0 Å². The lowest BCUT2D eigenvalue weighted by atomic mass is 10.2. The molecule has 2 heterocycles. The first kappa shape index (κ1) is 16.7. The summed E-state index contributed by atoms with van der Waals surface area (Å²) in [6.07, 6.45) is 2.35. The van der Waals surface area contributed by atoms with Crippen LogP contribution in [0.4, 0.5) is 5.69 Å². The van der Waals surface area contributed by atoms with E-state index in [-0.39, 0.29) is 10.9 Å². The van der Waals surface area contributed by atoms with Crippen molar-refractivity contribution >= 4 is 17.4 Å². The molecule has 0 bridgehead atoms. The molecule has 0 radical (unpaired) electrons. The summed E-state index contributed by atoms with van der Waals surface area (Å²) in [5.41, 5.74) is 0.660. The third-order valence-corrected chi connectivity index (χ3v) is 5.33. The molecule has 26 heavy (non-hydrogen) atoms. The van der Waals surface area contributed by atoms with Crippen LogP contribution in [0.2, 0.25) is 0 Å². The summed E-state index contributed by atoms with van der Waals surface area (Å²) < 4.78 is 7.76. The van der Waals surface area contributed by atoms with Crippen molar-refractivity contribution in [1.82, 2.24) is 25.0 Å². The number of nitro groups is 1. The average Bonchev–Trinajstić information content (AvgIpc) is 3.24. The lowest BCUT2D eigenvalue weighted by molar-refractivity contribution is -0.384. The van der Waals surface area contributed by atoms with Crippen LogP contribution in [0.25, 0.3) is 11.5 Å². The van der Waals surface area contributed by atoms with Crippen LogP contribution < -0.4 is 0 Å². The molecule has 10 heteroatoms. The fourth-order valence-corrected chi connectivity index (χ4v) is 3.43. The maximum absolute atomic E-state index is 10.7. The number of non-ortho nitro benzene ring substituents is 1. The lowest BCUT2D eigenvalue weighted by Crippen LogP contribution is -1.98. The Morgan fingerprint density at radius 2 is 1.96 bits per heavy atom. The largest absolute Gasteiger partial charge is 0.419 e. The van der Waals surface area contributed by atoms with Gasteiger partial charge in [-0.15, -0.1) is 20.4 Å². The van der Waals surface area contributed by atoms with Gasteiger partial charge < -0.3 is 8.98 Å². The van der Waals surface area contributed by atoms with Crippen LogP contribution in [0.5, 0.6) is 0 Å². The third-order valence-electron chi connectivity index (χ3n) is 4.21. The van der Waals surface area contributed by atoms with Crippen molar-refractivity contribution in [3.8, 4) is 11.5 Å². The maximum Gasteiger partial charge on any atom is 0.269 e. The molecule has 1 aliphatic rings. The van der Waals surface area contributed by atoms with E-state index in [9.17, 15) is 10.1 Å². The fourth-order valence-electron chi connectivity index (χ4n) is 2.58. The molecule has 1 aliphatic carbocycles. The zero-order valence-electron chi connectivity index (χ0n) is 14.2. The molecule has 1 aromatic carbocycles. The van der Waals surface area contributed by atoms with Gasteiger partial charge in [0.05, 0.1) is 10.2 Å². The van der Waals surface area contributed by atoms with E-state index < -0.39 is 4.92 Å². The molecule has 3 aromatic rings. The Morgan fingerprint density at radius 1 is 1.23 bits per heavy atom. The summed E-state index contributed by atoms with van der Waals surface area (Å²) in [4.78, 5) is 10.3. The summed E-state index contributed by atoms with van der Waals surface area (Å²) in [6.45, 7) is 1.96. The van der Waals surface area contributed by atoms with E-state index in [1.54, 1.807) is 12.1 Å². The van der Waals surface area contributed by atoms with Crippen LogP contribution in [0.1, 0.15) is 42.6 Å². The minimum absolute atomic E-state index is 0.0196. The van der Waals surface area contributed by atoms with Crippen LogP contribution in [-0.4, -0.2) is 29.9 Å². The van der Waals surface area contributed by atoms with Gasteiger partial charge in [-0.25, -0.2) is 0 Å². The molecule has 134 valence electrons. The van der Waals surface area contributed by atoms with Crippen molar-refractivity contribution < 1.29 is 9.34 Å². The molecule has 0 saturated heterocycles. The smallest absolute Gasteiger partial charge is 0.269 e. The topological polar surface area (TPSA) is 113 Å². The zero-order valence-corrected chi connectivity index (χ0v) is 15.0. The highest BCUT2D eigenvalue weighted by Gasteiger charge is 2.30. The molecule has 1 saturated carbocycles. The number of aromatic nitrogens is 5. The first-order chi connectivity index (χ1) is 12.5. The second-order valence-electron chi connectivity index (χ2n) is 6.18. The lowest BCUT2D eigenvalue weighted by Gasteiger charge is -2.06. The summed E-state index contributed by atoms with van der Waals surface area (Å²) in [5, 5.41) is 28.1. The molecule has 0 aliphatic heterocycles. The molecule has 9 nitrogen and oxygen atoms in total. The molecule has 1 fully saturated rings. The Labute approximate surface area is 153 Å². The zero-order chi connectivity index (χ0) is 18.3. The maximum atomic E-state index is 10.7. The molecule has 0 amide bonds. The molecule has 0 N–H and O–H groups in total. The monoisotopic (exact) mass is 372 g/mol. The van der Waals surface area contributed by atoms with E-state index in [2.05, 4.69) is 20.4 Å². The van der Waals surface area contributed by atoms with Gasteiger partial charge in [-0.05, 0) is 31.9 Å². The SMILES string of the molecule is C[C@@H](Sc1nnc(C2CC2)n1C)c1nnc(-c2ccc([N+](=O)[O-])cc2)o1. The molecule has 0 unspecified atom stereocenters. The Bertz CT molecular complexity index is 947. The van der Waals surface area contributed by atoms with Crippen molar-refractivity contribution in [1.29, 1.82) is 0 Å². The number of nitro benzene ring substituents is 1. The second-order valence-corrected chi connectivity index (χ2v) is 7.49. The van der Waals surface area contributed by atoms with Crippen LogP contribution in [0.15, 0.2) is 33.8 Å². The number of rotatable bonds is 6. The molecular weight excluding hydrogens is 356 g/mol. The Kier molecular flexibility index (Phi) is 4.19. The van der Waals surface area contributed by atoms with Gasteiger partial charge in [0.2, 0.25) is 11.8 Å². The minimum atomic E-state index is -0.446. The van der Waals surface area contributed by atoms with Crippen LogP contribution in [-0.2, 0) is 7.05 Å². The third kappa shape index (κ3) is 3.19. The number of hydrogen-bond acceptors (Lipinski definition) is 8. The van der Waals surface area contributed by atoms with Crippen molar-refractivity contribution in [3.63, 3.8) is 0 Å². The molecule has 4 rings (SSSR count). The van der Waals surface area contributed by atoms with Crippen molar-refractivity contribution in [2.24, 2.45) is 7.05 Å². The predicted molar refractivity (Wildman–Crippen MR) is 93.6 cm³/mol. The van der Waals surface area contributed by atoms with Gasteiger partial charge in [-0.1, -0.05) is 11.8 Å². The molecule has 0 spiro atoms. The van der Waals surface area contributed by atoms with Gasteiger partial charge in [-0.3, -0.25) is 10.1 Å². The Hall–Kier alpha value is -2.75. The fraction of sp³-hybridized carbons (Fsp3) is 0.375. The van der Waals surface area contributed by atoms with Gasteiger partial charge in [0, 0.05) is 30.7 Å². The highest BCUT2D eigenvalue weighted by molar-refractivity contribution is 7.99. The van der Waals surface area contributed by atoms with Gasteiger partial charge in [-0.2, -0.15) is 0 Å². The van der Waals surface area contributed by atoms with E-state index >= 15 is 0 Å². The average molecular weight is 372 g/mol. The highest BCUT2D eigenvalue weighted by Crippen LogP contribution is 2.41. The number of hydrogen-bond donors (Lipinski definition) is 0. The Balaban J connectivity index is 1.49. The van der Waals surface area contributed by atoms with E-state index in [1.807, 2.05) is 18.5 Å². The van der Waals surface area contributed by atoms with E-state index in [0.29, 0.717) is 23.3 Å². The predicted octanol–water partition coefficient (Wildman–Crippen LogP) is 3.50. The summed E-state index contributed by atoms with van der Waals surface area (Å²) in [7, 11) is 1.97. The van der Waals surface area contributed by atoms with Crippen molar-refractivity contribution in [3.05, 3.63) is 46.1 Å². The van der Waals surface area contributed by atoms with Gasteiger partial charge in [0.25, 0.3) is 5.69 Å². The summed E-state index contributed by atoms with van der Waals surface area (Å²) in [6, 6.07) is 6.02. The standard InChI is InChI=1S/C16H16N6O3S/c1-9(26-16-20-17-13(21(16)2)10-3-4-10)14-18-19-15(25-14)11-5-7-12(8-6-11)22(23)24/h5-10H,3-4H2,1-2H3/t9-/m1/s1. The van der Waals surface area contributed by atoms with Gasteiger partial charge >= 0.3 is 0 Å². The van der Waals surface area contributed by atoms with Crippen molar-refractivity contribution in [2.75, 3.05) is 0 Å². The quantitative estimate of drug-likeness (QED) is 0.367. The molecular formula is C16H16N6O3S. The first-order valence-corrected chi connectivity index (χ1v) is 9.05. The van der Waals surface area contributed by atoms with E-state index in [1.165, 1.54) is 36.7 Å². The summed E-state index contributed by atoms with van der Waals surface area (Å²) in [5.74, 6) is 2.37. The normalized spacial score (nSPS) is 15.2.